The van der Waals surface area contributed by atoms with Crippen molar-refractivity contribution in [1.82, 2.24) is 5.32 Å². The van der Waals surface area contributed by atoms with Crippen LogP contribution in [-0.4, -0.2) is 18.4 Å². The zero-order valence-corrected chi connectivity index (χ0v) is 8.78. The Labute approximate surface area is 93.1 Å². The molecule has 0 heterocycles. The van der Waals surface area contributed by atoms with Gasteiger partial charge >= 0.3 is 11.8 Å². The van der Waals surface area contributed by atoms with Crippen molar-refractivity contribution in [3.05, 3.63) is 29.8 Å². The molecule has 1 aromatic rings. The Morgan fingerprint density at radius 1 is 1.25 bits per heavy atom. The second kappa shape index (κ2) is 5.51. The molecule has 0 aliphatic carbocycles. The molecule has 2 N–H and O–H groups in total. The Balaban J connectivity index is 2.63. The van der Waals surface area contributed by atoms with Gasteiger partial charge in [-0.15, -0.1) is 0 Å². The molecule has 0 saturated carbocycles. The maximum Gasteiger partial charge on any atom is 0.313 e. The summed E-state index contributed by atoms with van der Waals surface area (Å²) in [7, 11) is 0. The van der Waals surface area contributed by atoms with Crippen LogP contribution in [0, 0.1) is 11.3 Å². The van der Waals surface area contributed by atoms with Gasteiger partial charge in [-0.25, -0.2) is 0 Å². The van der Waals surface area contributed by atoms with Gasteiger partial charge in [-0.05, 0) is 31.2 Å². The fraction of sp³-hybridized carbons (Fsp3) is 0.182. The Morgan fingerprint density at radius 2 is 1.88 bits per heavy atom. The maximum absolute atomic E-state index is 11.3. The summed E-state index contributed by atoms with van der Waals surface area (Å²) in [6.45, 7) is 2.13. The monoisotopic (exact) mass is 217 g/mol. The Kier molecular flexibility index (Phi) is 4.04. The topological polar surface area (TPSA) is 82.0 Å². The van der Waals surface area contributed by atoms with Gasteiger partial charge in [0, 0.05) is 12.2 Å². The molecule has 0 spiro atoms. The molecule has 0 aromatic heterocycles. The number of rotatable bonds is 2. The van der Waals surface area contributed by atoms with Crippen LogP contribution in [-0.2, 0) is 9.59 Å². The van der Waals surface area contributed by atoms with Crippen LogP contribution in [0.25, 0.3) is 0 Å². The normalized spacial score (nSPS) is 9.00. The maximum atomic E-state index is 11.3. The first-order chi connectivity index (χ1) is 7.67. The molecule has 0 bridgehead atoms. The zero-order chi connectivity index (χ0) is 12.0. The zero-order valence-electron chi connectivity index (χ0n) is 8.78. The minimum atomic E-state index is -0.716. The molecule has 0 fully saturated rings. The standard InChI is InChI=1S/C11H11N3O2/c1-2-13-10(15)11(16)14-9-5-3-8(7-12)4-6-9/h3-6H,2H2,1H3,(H,13,15)(H,14,16). The Morgan fingerprint density at radius 3 is 2.38 bits per heavy atom. The van der Waals surface area contributed by atoms with Crippen molar-refractivity contribution >= 4 is 17.5 Å². The van der Waals surface area contributed by atoms with Crippen LogP contribution in [0.2, 0.25) is 0 Å². The summed E-state index contributed by atoms with van der Waals surface area (Å²) in [5.74, 6) is -1.39. The number of likely N-dealkylation sites (N-methyl/N-ethyl adjacent to an activating group) is 1. The van der Waals surface area contributed by atoms with E-state index in [0.29, 0.717) is 17.8 Å². The Hall–Kier alpha value is -2.35. The Bertz CT molecular complexity index is 432. The van der Waals surface area contributed by atoms with Crippen molar-refractivity contribution in [2.45, 2.75) is 6.92 Å². The van der Waals surface area contributed by atoms with Crippen molar-refractivity contribution in [3.63, 3.8) is 0 Å². The summed E-state index contributed by atoms with van der Waals surface area (Å²) >= 11 is 0. The number of benzene rings is 1. The summed E-state index contributed by atoms with van der Waals surface area (Å²) in [6, 6.07) is 8.21. The molecular weight excluding hydrogens is 206 g/mol. The lowest BCUT2D eigenvalue weighted by molar-refractivity contribution is -0.136. The molecule has 0 unspecified atom stereocenters. The van der Waals surface area contributed by atoms with Crippen molar-refractivity contribution < 1.29 is 9.59 Å². The lowest BCUT2D eigenvalue weighted by Crippen LogP contribution is -2.35. The van der Waals surface area contributed by atoms with Crippen LogP contribution in [0.3, 0.4) is 0 Å². The van der Waals surface area contributed by atoms with Crippen molar-refractivity contribution in [2.24, 2.45) is 0 Å². The van der Waals surface area contributed by atoms with E-state index >= 15 is 0 Å². The predicted octanol–water partition coefficient (Wildman–Crippen LogP) is 0.633. The molecule has 0 radical (unpaired) electrons. The molecule has 1 rings (SSSR count). The van der Waals surface area contributed by atoms with Crippen LogP contribution in [0.5, 0.6) is 0 Å². The van der Waals surface area contributed by atoms with E-state index in [1.165, 1.54) is 0 Å². The lowest BCUT2D eigenvalue weighted by atomic mass is 10.2. The van der Waals surface area contributed by atoms with E-state index in [1.54, 1.807) is 31.2 Å². The first-order valence-electron chi connectivity index (χ1n) is 4.76. The van der Waals surface area contributed by atoms with Gasteiger partial charge in [0.05, 0.1) is 11.6 Å². The summed E-state index contributed by atoms with van der Waals surface area (Å²) in [5, 5.41) is 13.4. The number of carbonyl (C=O) groups excluding carboxylic acids is 2. The molecule has 82 valence electrons. The highest BCUT2D eigenvalue weighted by molar-refractivity contribution is 6.39. The average molecular weight is 217 g/mol. The van der Waals surface area contributed by atoms with E-state index in [1.807, 2.05) is 6.07 Å². The fourth-order valence-corrected chi connectivity index (χ4v) is 1.06. The van der Waals surface area contributed by atoms with Gasteiger partial charge in [0.15, 0.2) is 0 Å². The summed E-state index contributed by atoms with van der Waals surface area (Å²) in [6.07, 6.45) is 0. The number of carbonyl (C=O) groups is 2. The first kappa shape index (κ1) is 11.7. The average Bonchev–Trinajstić information content (AvgIpc) is 2.30. The predicted molar refractivity (Wildman–Crippen MR) is 58.5 cm³/mol. The third kappa shape index (κ3) is 3.10. The van der Waals surface area contributed by atoms with Crippen LogP contribution < -0.4 is 10.6 Å². The number of anilines is 1. The van der Waals surface area contributed by atoms with Crippen molar-refractivity contribution in [2.75, 3.05) is 11.9 Å². The van der Waals surface area contributed by atoms with E-state index in [2.05, 4.69) is 10.6 Å². The van der Waals surface area contributed by atoms with Crippen LogP contribution >= 0.6 is 0 Å². The molecule has 5 heteroatoms. The second-order valence-electron chi connectivity index (χ2n) is 3.00. The molecule has 0 saturated heterocycles. The van der Waals surface area contributed by atoms with Crippen molar-refractivity contribution in [1.29, 1.82) is 5.26 Å². The largest absolute Gasteiger partial charge is 0.348 e. The minimum Gasteiger partial charge on any atom is -0.348 e. The molecule has 5 nitrogen and oxygen atoms in total. The molecule has 1 aromatic carbocycles. The summed E-state index contributed by atoms with van der Waals surface area (Å²) in [4.78, 5) is 22.4. The smallest absolute Gasteiger partial charge is 0.313 e. The van der Waals surface area contributed by atoms with Crippen molar-refractivity contribution in [3.8, 4) is 6.07 Å². The van der Waals surface area contributed by atoms with E-state index in [0.717, 1.165) is 0 Å². The van der Waals surface area contributed by atoms with Gasteiger partial charge in [-0.1, -0.05) is 0 Å². The van der Waals surface area contributed by atoms with Gasteiger partial charge in [-0.3, -0.25) is 9.59 Å². The molecule has 0 atom stereocenters. The van der Waals surface area contributed by atoms with Crippen LogP contribution in [0.1, 0.15) is 12.5 Å². The number of hydrogen-bond donors (Lipinski definition) is 2. The highest BCUT2D eigenvalue weighted by Crippen LogP contribution is 2.08. The molecule has 2 amide bonds. The SMILES string of the molecule is CCNC(=O)C(=O)Nc1ccc(C#N)cc1. The summed E-state index contributed by atoms with van der Waals surface area (Å²) in [5.41, 5.74) is 0.978. The molecule has 16 heavy (non-hydrogen) atoms. The number of nitrogens with zero attached hydrogens (tertiary/aromatic N) is 1. The number of hydrogen-bond acceptors (Lipinski definition) is 3. The van der Waals surface area contributed by atoms with Gasteiger partial charge in [0.25, 0.3) is 0 Å². The molecular formula is C11H11N3O2. The highest BCUT2D eigenvalue weighted by atomic mass is 16.2. The van der Waals surface area contributed by atoms with Gasteiger partial charge in [-0.2, -0.15) is 5.26 Å². The van der Waals surface area contributed by atoms with E-state index in [4.69, 9.17) is 5.26 Å². The van der Waals surface area contributed by atoms with Gasteiger partial charge in [0.2, 0.25) is 0 Å². The first-order valence-corrected chi connectivity index (χ1v) is 4.76. The van der Waals surface area contributed by atoms with Gasteiger partial charge < -0.3 is 10.6 Å². The number of nitriles is 1. The minimum absolute atomic E-state index is 0.402. The number of amides is 2. The summed E-state index contributed by atoms with van der Waals surface area (Å²) < 4.78 is 0. The van der Waals surface area contributed by atoms with Crippen LogP contribution in [0.4, 0.5) is 5.69 Å². The third-order valence-corrected chi connectivity index (χ3v) is 1.82. The highest BCUT2D eigenvalue weighted by Gasteiger charge is 2.11. The van der Waals surface area contributed by atoms with Gasteiger partial charge in [0.1, 0.15) is 0 Å². The fourth-order valence-electron chi connectivity index (χ4n) is 1.06. The van der Waals surface area contributed by atoms with E-state index < -0.39 is 11.8 Å². The molecule has 0 aliphatic rings. The molecule has 0 aliphatic heterocycles. The number of nitrogens with one attached hydrogen (secondary N) is 2. The lowest BCUT2D eigenvalue weighted by Gasteiger charge is -2.04. The van der Waals surface area contributed by atoms with E-state index in [9.17, 15) is 9.59 Å². The third-order valence-electron chi connectivity index (χ3n) is 1.82. The van der Waals surface area contributed by atoms with Crippen LogP contribution in [0.15, 0.2) is 24.3 Å². The quantitative estimate of drug-likeness (QED) is 0.713. The van der Waals surface area contributed by atoms with E-state index in [-0.39, 0.29) is 0 Å². The second-order valence-corrected chi connectivity index (χ2v) is 3.00.